The molecule has 0 spiro atoms. The third kappa shape index (κ3) is 3.46. The maximum Gasteiger partial charge on any atom is 0.123 e. The monoisotopic (exact) mass is 219 g/mol. The molecule has 2 atom stereocenters. The van der Waals surface area contributed by atoms with Gasteiger partial charge in [0.2, 0.25) is 0 Å². The van der Waals surface area contributed by atoms with E-state index < -0.39 is 0 Å². The van der Waals surface area contributed by atoms with Gasteiger partial charge in [-0.25, -0.2) is 4.39 Å². The van der Waals surface area contributed by atoms with Gasteiger partial charge in [-0.05, 0) is 42.5 Å². The van der Waals surface area contributed by atoms with Gasteiger partial charge in [0, 0.05) is 6.54 Å². The Morgan fingerprint density at radius 1 is 1.38 bits per heavy atom. The van der Waals surface area contributed by atoms with E-state index in [1.54, 1.807) is 12.1 Å². The number of benzene rings is 1. The van der Waals surface area contributed by atoms with Gasteiger partial charge in [0.15, 0.2) is 0 Å². The smallest absolute Gasteiger partial charge is 0.123 e. The highest BCUT2D eigenvalue weighted by Crippen LogP contribution is 2.36. The highest BCUT2D eigenvalue weighted by atomic mass is 19.1. The second kappa shape index (κ2) is 5.26. The largest absolute Gasteiger partial charge is 0.313 e. The Labute approximate surface area is 96.4 Å². The summed E-state index contributed by atoms with van der Waals surface area (Å²) in [5.41, 5.74) is 1.04. The first-order valence-corrected chi connectivity index (χ1v) is 5.88. The van der Waals surface area contributed by atoms with Gasteiger partial charge in [0.05, 0.1) is 0 Å². The van der Waals surface area contributed by atoms with Crippen molar-refractivity contribution in [2.45, 2.75) is 13.3 Å². The van der Waals surface area contributed by atoms with Gasteiger partial charge in [-0.3, -0.25) is 0 Å². The van der Waals surface area contributed by atoms with Gasteiger partial charge >= 0.3 is 0 Å². The van der Waals surface area contributed by atoms with E-state index in [0.29, 0.717) is 0 Å². The van der Waals surface area contributed by atoms with E-state index >= 15 is 0 Å². The molecule has 0 aliphatic heterocycles. The maximum absolute atomic E-state index is 12.6. The van der Waals surface area contributed by atoms with E-state index in [1.807, 2.05) is 6.08 Å². The van der Waals surface area contributed by atoms with Crippen LogP contribution in [0.1, 0.15) is 18.9 Å². The Morgan fingerprint density at radius 3 is 2.69 bits per heavy atom. The predicted molar refractivity (Wildman–Crippen MR) is 65.6 cm³/mol. The van der Waals surface area contributed by atoms with Crippen molar-refractivity contribution in [1.29, 1.82) is 0 Å². The summed E-state index contributed by atoms with van der Waals surface area (Å²) >= 11 is 0. The SMILES string of the molecule is CC1CC1CNC/C=C/c1ccc(F)cc1. The Bertz CT molecular complexity index is 356. The van der Waals surface area contributed by atoms with Crippen molar-refractivity contribution < 1.29 is 4.39 Å². The van der Waals surface area contributed by atoms with Gasteiger partial charge in [0.25, 0.3) is 0 Å². The summed E-state index contributed by atoms with van der Waals surface area (Å²) in [5.74, 6) is 1.62. The van der Waals surface area contributed by atoms with E-state index in [9.17, 15) is 4.39 Å². The quantitative estimate of drug-likeness (QED) is 0.750. The molecular formula is C14H18FN. The highest BCUT2D eigenvalue weighted by Gasteiger charge is 2.31. The van der Waals surface area contributed by atoms with E-state index in [4.69, 9.17) is 0 Å². The van der Waals surface area contributed by atoms with Crippen molar-refractivity contribution in [1.82, 2.24) is 5.32 Å². The van der Waals surface area contributed by atoms with E-state index in [2.05, 4.69) is 18.3 Å². The summed E-state index contributed by atoms with van der Waals surface area (Å²) in [5, 5.41) is 3.40. The van der Waals surface area contributed by atoms with Gasteiger partial charge in [0.1, 0.15) is 5.82 Å². The summed E-state index contributed by atoms with van der Waals surface area (Å²) < 4.78 is 12.6. The van der Waals surface area contributed by atoms with Crippen molar-refractivity contribution in [2.24, 2.45) is 11.8 Å². The molecule has 2 heteroatoms. The molecule has 0 saturated heterocycles. The normalized spacial score (nSPS) is 23.9. The van der Waals surface area contributed by atoms with Gasteiger partial charge in [-0.2, -0.15) is 0 Å². The summed E-state index contributed by atoms with van der Waals surface area (Å²) in [6.07, 6.45) is 5.47. The first-order valence-electron chi connectivity index (χ1n) is 5.88. The molecule has 1 nitrogen and oxygen atoms in total. The van der Waals surface area contributed by atoms with Gasteiger partial charge in [-0.1, -0.05) is 31.2 Å². The molecule has 1 N–H and O–H groups in total. The molecule has 1 saturated carbocycles. The molecule has 16 heavy (non-hydrogen) atoms. The summed E-state index contributed by atoms with van der Waals surface area (Å²) in [7, 11) is 0. The van der Waals surface area contributed by atoms with Crippen LogP contribution in [0.3, 0.4) is 0 Å². The van der Waals surface area contributed by atoms with Gasteiger partial charge < -0.3 is 5.32 Å². The lowest BCUT2D eigenvalue weighted by Crippen LogP contribution is -2.16. The van der Waals surface area contributed by atoms with Crippen LogP contribution < -0.4 is 5.32 Å². The Morgan fingerprint density at radius 2 is 2.06 bits per heavy atom. The van der Waals surface area contributed by atoms with Crippen molar-refractivity contribution in [3.8, 4) is 0 Å². The van der Waals surface area contributed by atoms with E-state index in [-0.39, 0.29) is 5.82 Å². The standard InChI is InChI=1S/C14H18FN/c1-11-9-13(11)10-16-8-2-3-12-4-6-14(15)7-5-12/h2-7,11,13,16H,8-10H2,1H3/b3-2+. The van der Waals surface area contributed by atoms with Crippen LogP contribution in [-0.2, 0) is 0 Å². The lowest BCUT2D eigenvalue weighted by molar-refractivity contribution is 0.627. The number of nitrogens with one attached hydrogen (secondary N) is 1. The van der Waals surface area contributed by atoms with Crippen LogP contribution in [0.2, 0.25) is 0 Å². The summed E-state index contributed by atoms with van der Waals surface area (Å²) in [4.78, 5) is 0. The molecule has 1 fully saturated rings. The lowest BCUT2D eigenvalue weighted by Gasteiger charge is -1.98. The Kier molecular flexibility index (Phi) is 3.73. The number of hydrogen-bond donors (Lipinski definition) is 1. The van der Waals surface area contributed by atoms with E-state index in [0.717, 1.165) is 30.5 Å². The molecule has 1 aliphatic carbocycles. The van der Waals surface area contributed by atoms with E-state index in [1.165, 1.54) is 18.6 Å². The second-order valence-corrected chi connectivity index (χ2v) is 4.59. The fourth-order valence-corrected chi connectivity index (χ4v) is 1.80. The van der Waals surface area contributed by atoms with Crippen molar-refractivity contribution in [3.05, 3.63) is 41.7 Å². The third-order valence-corrected chi connectivity index (χ3v) is 3.13. The van der Waals surface area contributed by atoms with Crippen LogP contribution in [0.4, 0.5) is 4.39 Å². The molecule has 1 aliphatic rings. The van der Waals surface area contributed by atoms with Crippen LogP contribution in [0, 0.1) is 17.7 Å². The van der Waals surface area contributed by atoms with Crippen LogP contribution in [0.15, 0.2) is 30.3 Å². The molecule has 86 valence electrons. The maximum atomic E-state index is 12.6. The molecule has 0 amide bonds. The predicted octanol–water partition coefficient (Wildman–Crippen LogP) is 3.08. The molecular weight excluding hydrogens is 201 g/mol. The average molecular weight is 219 g/mol. The van der Waals surface area contributed by atoms with Crippen LogP contribution in [-0.4, -0.2) is 13.1 Å². The molecule has 2 unspecified atom stereocenters. The van der Waals surface area contributed by atoms with Gasteiger partial charge in [-0.15, -0.1) is 0 Å². The number of halogens is 1. The minimum atomic E-state index is -0.182. The molecule has 0 bridgehead atoms. The lowest BCUT2D eigenvalue weighted by atomic mass is 10.2. The minimum absolute atomic E-state index is 0.182. The average Bonchev–Trinajstić information content (AvgIpc) is 2.97. The van der Waals surface area contributed by atoms with Crippen molar-refractivity contribution >= 4 is 6.08 Å². The molecule has 0 aromatic heterocycles. The first-order chi connectivity index (χ1) is 7.75. The topological polar surface area (TPSA) is 12.0 Å². The van der Waals surface area contributed by atoms with Crippen molar-refractivity contribution in [2.75, 3.05) is 13.1 Å². The van der Waals surface area contributed by atoms with Crippen molar-refractivity contribution in [3.63, 3.8) is 0 Å². The number of rotatable bonds is 5. The molecule has 1 aromatic rings. The summed E-state index contributed by atoms with van der Waals surface area (Å²) in [6.45, 7) is 4.30. The summed E-state index contributed by atoms with van der Waals surface area (Å²) in [6, 6.07) is 6.54. The Hall–Kier alpha value is -1.15. The first kappa shape index (κ1) is 11.3. The van der Waals surface area contributed by atoms with Crippen LogP contribution in [0.5, 0.6) is 0 Å². The highest BCUT2D eigenvalue weighted by molar-refractivity contribution is 5.48. The zero-order chi connectivity index (χ0) is 11.4. The molecule has 2 rings (SSSR count). The molecule has 1 aromatic carbocycles. The fourth-order valence-electron chi connectivity index (χ4n) is 1.80. The van der Waals surface area contributed by atoms with Crippen LogP contribution >= 0.6 is 0 Å². The minimum Gasteiger partial charge on any atom is -0.313 e. The molecule has 0 radical (unpaired) electrons. The number of hydrogen-bond acceptors (Lipinski definition) is 1. The Balaban J connectivity index is 1.66. The third-order valence-electron chi connectivity index (χ3n) is 3.13. The molecule has 0 heterocycles. The zero-order valence-electron chi connectivity index (χ0n) is 9.62. The van der Waals surface area contributed by atoms with Crippen LogP contribution in [0.25, 0.3) is 6.08 Å². The zero-order valence-corrected chi connectivity index (χ0v) is 9.62. The fraction of sp³-hybridized carbons (Fsp3) is 0.429. The second-order valence-electron chi connectivity index (χ2n) is 4.59.